The van der Waals surface area contributed by atoms with Crippen LogP contribution in [0.5, 0.6) is 0 Å². The van der Waals surface area contributed by atoms with Crippen LogP contribution in [0.4, 0.5) is 0 Å². The van der Waals surface area contributed by atoms with Crippen molar-refractivity contribution in [2.24, 2.45) is 5.41 Å². The van der Waals surface area contributed by atoms with Crippen LogP contribution in [-0.2, 0) is 27.6 Å². The summed E-state index contributed by atoms with van der Waals surface area (Å²) in [4.78, 5) is 16.2. The predicted octanol–water partition coefficient (Wildman–Crippen LogP) is 7.96. The molecule has 1 aromatic heterocycles. The van der Waals surface area contributed by atoms with E-state index in [1.54, 1.807) is 13.8 Å². The average molecular weight is 602 g/mol. The maximum absolute atomic E-state index is 14.0. The van der Waals surface area contributed by atoms with Crippen molar-refractivity contribution in [3.63, 3.8) is 0 Å². The van der Waals surface area contributed by atoms with Crippen molar-refractivity contribution >= 4 is 51.4 Å². The Morgan fingerprint density at radius 2 is 1.81 bits per heavy atom. The van der Waals surface area contributed by atoms with Gasteiger partial charge in [-0.25, -0.2) is 4.98 Å². The van der Waals surface area contributed by atoms with Gasteiger partial charge in [-0.2, -0.15) is 0 Å². The lowest BCUT2D eigenvalue weighted by molar-refractivity contribution is -0.138. The van der Waals surface area contributed by atoms with E-state index in [2.05, 4.69) is 6.07 Å². The standard InChI is InChI=1S/C35H36ClNO4S/c1-34(2,40)30-9-4-3-7-25(30)13-17-32(42(41)23-35(18-19-35)22-33(38)39)27-8-5-6-24(20-27)10-15-29-16-12-26-11-14-28(36)21-31(26)37-29/h3-12,14-16,20-21,32,40H,13,17-19,22-23H2,1-2H3,(H,38,39)/b15-10+/t32-,42+/m1/s1. The Morgan fingerprint density at radius 1 is 1.05 bits per heavy atom. The Kier molecular flexibility index (Phi) is 8.97. The van der Waals surface area contributed by atoms with Crippen LogP contribution in [0.15, 0.2) is 78.9 Å². The predicted molar refractivity (Wildman–Crippen MR) is 172 cm³/mol. The van der Waals surface area contributed by atoms with Crippen molar-refractivity contribution in [1.82, 2.24) is 4.98 Å². The van der Waals surface area contributed by atoms with Gasteiger partial charge < -0.3 is 10.2 Å². The molecule has 4 aromatic rings. The molecule has 3 aromatic carbocycles. The van der Waals surface area contributed by atoms with Gasteiger partial charge in [0.15, 0.2) is 0 Å². The Labute approximate surface area is 254 Å². The van der Waals surface area contributed by atoms with Crippen LogP contribution in [0.1, 0.15) is 72.7 Å². The molecule has 2 atom stereocenters. The number of aromatic nitrogens is 1. The SMILES string of the molecule is CC(C)(O)c1ccccc1CC[C@H](c1cccc(/C=C/c2ccc3ccc(Cl)cc3n2)c1)[S@@](=O)CC1(CC(=O)O)CC1. The molecule has 5 rings (SSSR count). The molecule has 0 aliphatic heterocycles. The van der Waals surface area contributed by atoms with E-state index >= 15 is 0 Å². The molecule has 0 radical (unpaired) electrons. The van der Waals surface area contributed by atoms with Gasteiger partial charge in [0.1, 0.15) is 0 Å². The van der Waals surface area contributed by atoms with Gasteiger partial charge in [0.05, 0.1) is 28.5 Å². The second-order valence-corrected chi connectivity index (χ2v) is 14.0. The van der Waals surface area contributed by atoms with Crippen LogP contribution in [0.2, 0.25) is 5.02 Å². The number of aliphatic carboxylic acids is 1. The van der Waals surface area contributed by atoms with Gasteiger partial charge in [-0.05, 0) is 91.5 Å². The van der Waals surface area contributed by atoms with E-state index in [-0.39, 0.29) is 17.1 Å². The largest absolute Gasteiger partial charge is 0.481 e. The molecule has 218 valence electrons. The van der Waals surface area contributed by atoms with Crippen LogP contribution in [0.25, 0.3) is 23.1 Å². The smallest absolute Gasteiger partial charge is 0.303 e. The lowest BCUT2D eigenvalue weighted by Crippen LogP contribution is -2.22. The third-order valence-electron chi connectivity index (χ3n) is 8.01. The van der Waals surface area contributed by atoms with Crippen LogP contribution >= 0.6 is 11.6 Å². The zero-order valence-corrected chi connectivity index (χ0v) is 25.5. The highest BCUT2D eigenvalue weighted by atomic mass is 35.5. The van der Waals surface area contributed by atoms with Crippen LogP contribution in [-0.4, -0.2) is 31.1 Å². The molecule has 0 unspecified atom stereocenters. The monoisotopic (exact) mass is 601 g/mol. The minimum atomic E-state index is -1.27. The van der Waals surface area contributed by atoms with E-state index in [4.69, 9.17) is 16.6 Å². The number of pyridine rings is 1. The summed E-state index contributed by atoms with van der Waals surface area (Å²) >= 11 is 6.16. The van der Waals surface area contributed by atoms with E-state index in [1.807, 2.05) is 84.9 Å². The molecular formula is C35H36ClNO4S. The lowest BCUT2D eigenvalue weighted by Gasteiger charge is -2.24. The van der Waals surface area contributed by atoms with Crippen LogP contribution in [0.3, 0.4) is 0 Å². The van der Waals surface area contributed by atoms with Gasteiger partial charge in [-0.3, -0.25) is 9.00 Å². The van der Waals surface area contributed by atoms with Gasteiger partial charge in [0, 0.05) is 27.0 Å². The number of benzene rings is 3. The van der Waals surface area contributed by atoms with Crippen molar-refractivity contribution in [2.75, 3.05) is 5.75 Å². The van der Waals surface area contributed by atoms with E-state index in [0.29, 0.717) is 23.6 Å². The van der Waals surface area contributed by atoms with E-state index in [9.17, 15) is 19.2 Å². The van der Waals surface area contributed by atoms with Crippen LogP contribution in [0, 0.1) is 5.41 Å². The quantitative estimate of drug-likeness (QED) is 0.172. The summed E-state index contributed by atoms with van der Waals surface area (Å²) < 4.78 is 14.0. The highest BCUT2D eigenvalue weighted by molar-refractivity contribution is 7.85. The number of fused-ring (bicyclic) bond motifs is 1. The van der Waals surface area contributed by atoms with Gasteiger partial charge >= 0.3 is 5.97 Å². The van der Waals surface area contributed by atoms with Crippen LogP contribution < -0.4 is 0 Å². The number of carboxylic acid groups (broad SMARTS) is 1. The summed E-state index contributed by atoms with van der Waals surface area (Å²) in [5.41, 5.74) is 4.09. The van der Waals surface area contributed by atoms with E-state index in [0.717, 1.165) is 51.7 Å². The summed E-state index contributed by atoms with van der Waals surface area (Å²) in [5.74, 6) is -0.461. The zero-order valence-electron chi connectivity index (χ0n) is 23.9. The third kappa shape index (κ3) is 7.54. The molecule has 42 heavy (non-hydrogen) atoms. The molecule has 1 heterocycles. The fourth-order valence-corrected chi connectivity index (χ4v) is 7.78. The normalized spacial score (nSPS) is 16.0. The molecule has 2 N–H and O–H groups in total. The first kappa shape index (κ1) is 30.1. The molecule has 0 saturated heterocycles. The van der Waals surface area contributed by atoms with Crippen molar-refractivity contribution in [3.8, 4) is 0 Å². The number of hydrogen-bond donors (Lipinski definition) is 2. The molecule has 0 bridgehead atoms. The Morgan fingerprint density at radius 3 is 2.55 bits per heavy atom. The molecule has 1 saturated carbocycles. The van der Waals surface area contributed by atoms with Gasteiger partial charge in [0.25, 0.3) is 0 Å². The number of halogens is 1. The molecule has 1 aliphatic carbocycles. The molecule has 1 aliphatic rings. The number of aliphatic hydroxyl groups is 1. The van der Waals surface area contributed by atoms with Crippen molar-refractivity contribution in [1.29, 1.82) is 0 Å². The first-order valence-corrected chi connectivity index (χ1v) is 16.0. The van der Waals surface area contributed by atoms with Gasteiger partial charge in [0.2, 0.25) is 0 Å². The van der Waals surface area contributed by atoms with Crippen molar-refractivity contribution in [2.45, 2.75) is 56.8 Å². The first-order chi connectivity index (χ1) is 20.0. The maximum atomic E-state index is 14.0. The number of carboxylic acids is 1. The second-order valence-electron chi connectivity index (χ2n) is 11.9. The molecule has 0 amide bonds. The lowest BCUT2D eigenvalue weighted by atomic mass is 9.90. The summed E-state index contributed by atoms with van der Waals surface area (Å²) in [5, 5.41) is 21.6. The van der Waals surface area contributed by atoms with E-state index < -0.39 is 22.4 Å². The fraction of sp³-hybridized carbons (Fsp3) is 0.314. The number of nitrogens with zero attached hydrogens (tertiary/aromatic N) is 1. The first-order valence-electron chi connectivity index (χ1n) is 14.3. The highest BCUT2D eigenvalue weighted by Crippen LogP contribution is 2.50. The Bertz CT molecular complexity index is 1650. The summed E-state index contributed by atoms with van der Waals surface area (Å²) in [6.07, 6.45) is 6.86. The van der Waals surface area contributed by atoms with Gasteiger partial charge in [-0.1, -0.05) is 78.3 Å². The number of aryl methyl sites for hydroxylation is 1. The Hall–Kier alpha value is -3.32. The zero-order chi connectivity index (χ0) is 29.9. The minimum absolute atomic E-state index is 0.0553. The van der Waals surface area contributed by atoms with Crippen molar-refractivity contribution in [3.05, 3.63) is 112 Å². The molecule has 1 fully saturated rings. The number of hydrogen-bond acceptors (Lipinski definition) is 4. The molecule has 7 heteroatoms. The molecule has 5 nitrogen and oxygen atoms in total. The Balaban J connectivity index is 1.41. The maximum Gasteiger partial charge on any atom is 0.303 e. The summed E-state index contributed by atoms with van der Waals surface area (Å²) in [6.45, 7) is 3.55. The minimum Gasteiger partial charge on any atom is -0.481 e. The van der Waals surface area contributed by atoms with E-state index in [1.165, 1.54) is 0 Å². The fourth-order valence-electron chi connectivity index (χ4n) is 5.59. The molecular weight excluding hydrogens is 566 g/mol. The second kappa shape index (κ2) is 12.5. The number of carbonyl (C=O) groups is 1. The highest BCUT2D eigenvalue weighted by Gasteiger charge is 2.46. The average Bonchev–Trinajstić information content (AvgIpc) is 3.69. The number of rotatable bonds is 12. The molecule has 0 spiro atoms. The summed E-state index contributed by atoms with van der Waals surface area (Å²) in [7, 11) is -1.27. The van der Waals surface area contributed by atoms with Crippen molar-refractivity contribution < 1.29 is 19.2 Å². The third-order valence-corrected chi connectivity index (χ3v) is 10.3. The summed E-state index contributed by atoms with van der Waals surface area (Å²) in [6, 6.07) is 25.5. The topological polar surface area (TPSA) is 87.5 Å². The van der Waals surface area contributed by atoms with Gasteiger partial charge in [-0.15, -0.1) is 0 Å².